The Balaban J connectivity index is 0.00000650. The van der Waals surface area contributed by atoms with Crippen LogP contribution in [0.15, 0.2) is 119 Å². The summed E-state index contributed by atoms with van der Waals surface area (Å²) in [5, 5.41) is 51.8. The molecule has 0 radical (unpaired) electrons. The topological polar surface area (TPSA) is 307 Å². The first-order valence-corrected chi connectivity index (χ1v) is 16.2. The van der Waals surface area contributed by atoms with Gasteiger partial charge in [0.15, 0.2) is 11.6 Å². The first-order valence-electron chi connectivity index (χ1n) is 12.6. The van der Waals surface area contributed by atoms with E-state index in [1.54, 1.807) is 30.3 Å². The van der Waals surface area contributed by atoms with E-state index in [1.165, 1.54) is 30.3 Å². The number of nitrogens with two attached hydrogens (primary N) is 1. The Bertz CT molecular complexity index is 2170. The van der Waals surface area contributed by atoms with Crippen LogP contribution in [-0.4, -0.2) is 53.2 Å². The molecule has 0 amide bonds. The fourth-order valence-corrected chi connectivity index (χ4v) is 5.19. The Hall–Kier alpha value is -4.81. The minimum absolute atomic E-state index is 0. The molecule has 0 heterocycles. The Morgan fingerprint density at radius 2 is 1.55 bits per heavy atom. The van der Waals surface area contributed by atoms with Crippen LogP contribution in [0.1, 0.15) is 15.9 Å². The Morgan fingerprint density at radius 1 is 0.857 bits per heavy atom. The maximum Gasteiger partial charge on any atom is 1.00 e. The van der Waals surface area contributed by atoms with Gasteiger partial charge in [0.05, 0.1) is 28.3 Å². The number of azo groups is 2. The average Bonchev–Trinajstić information content (AvgIpc) is 3.03. The summed E-state index contributed by atoms with van der Waals surface area (Å²) in [6, 6.07) is 16.8. The van der Waals surface area contributed by atoms with Gasteiger partial charge in [-0.3, -0.25) is 9.11 Å². The van der Waals surface area contributed by atoms with Gasteiger partial charge in [-0.15, -0.1) is 20.2 Å². The number of amidine groups is 1. The smallest absolute Gasteiger partial charge is 0.573 e. The van der Waals surface area contributed by atoms with Crippen molar-refractivity contribution < 1.29 is 72.6 Å². The zero-order chi connectivity index (χ0) is 35.1. The van der Waals surface area contributed by atoms with E-state index in [1.807, 2.05) is 0 Å². The number of phenols is 1. The van der Waals surface area contributed by atoms with Crippen LogP contribution in [-0.2, 0) is 46.7 Å². The van der Waals surface area contributed by atoms with Crippen molar-refractivity contribution in [1.82, 2.24) is 0 Å². The minimum Gasteiger partial charge on any atom is -0.573 e. The number of anilines is 1. The van der Waals surface area contributed by atoms with Crippen LogP contribution in [0.2, 0.25) is 0 Å². The summed E-state index contributed by atoms with van der Waals surface area (Å²) in [7, 11) is -10.3. The van der Waals surface area contributed by atoms with Gasteiger partial charge in [-0.1, -0.05) is 23.2 Å². The van der Waals surface area contributed by atoms with Gasteiger partial charge < -0.3 is 26.5 Å². The van der Waals surface area contributed by atoms with Crippen LogP contribution >= 0.6 is 12.0 Å². The molecule has 0 bridgehead atoms. The molecule has 260 valence electrons. The molecule has 0 unspecified atom stereocenters. The fourth-order valence-electron chi connectivity index (χ4n) is 3.57. The summed E-state index contributed by atoms with van der Waals surface area (Å²) in [6.45, 7) is 0. The second-order valence-corrected chi connectivity index (χ2v) is 12.6. The second-order valence-electron chi connectivity index (χ2n) is 9.01. The van der Waals surface area contributed by atoms with E-state index in [0.717, 1.165) is 6.07 Å². The summed E-state index contributed by atoms with van der Waals surface area (Å²) in [4.78, 5) is 9.67. The molecule has 0 saturated heterocycles. The SMILES string of the molecule is Nc1ccc(N=Nc2cccc(C(N=Nc3cc(S(=O)(=O)O)cc(S(=O)(=O)O)c3O)=N[N-]c3cc(SOOO)ccc3C(=O)O)c2)cc1.[Cu+]. The molecule has 23 heteroatoms. The number of benzene rings is 4. The third-order valence-corrected chi connectivity index (χ3v) is 8.02. The van der Waals surface area contributed by atoms with E-state index in [9.17, 15) is 40.9 Å². The number of aromatic hydroxyl groups is 1. The molecule has 0 saturated carbocycles. The molecule has 4 rings (SSSR count). The van der Waals surface area contributed by atoms with Crippen LogP contribution < -0.4 is 5.73 Å². The third-order valence-electron chi connectivity index (χ3n) is 5.75. The van der Waals surface area contributed by atoms with Crippen molar-refractivity contribution >= 4 is 72.5 Å². The van der Waals surface area contributed by atoms with Gasteiger partial charge in [0.25, 0.3) is 20.2 Å². The molecule has 0 aliphatic rings. The molecule has 0 spiro atoms. The summed E-state index contributed by atoms with van der Waals surface area (Å²) in [6.07, 6.45) is 0. The Morgan fingerprint density at radius 3 is 2.18 bits per heavy atom. The molecule has 0 aliphatic carbocycles. The minimum atomic E-state index is -5.23. The van der Waals surface area contributed by atoms with Gasteiger partial charge in [0.1, 0.15) is 10.6 Å². The van der Waals surface area contributed by atoms with E-state index in [2.05, 4.69) is 40.4 Å². The average molecular weight is 782 g/mol. The van der Waals surface area contributed by atoms with Crippen molar-refractivity contribution in [2.45, 2.75) is 14.7 Å². The largest absolute Gasteiger partial charge is 1.00 e. The van der Waals surface area contributed by atoms with E-state index >= 15 is 0 Å². The number of rotatable bonds is 12. The van der Waals surface area contributed by atoms with Crippen LogP contribution in [0.5, 0.6) is 5.75 Å². The number of carboxylic acid groups (broad SMARTS) is 1. The molecule has 0 aliphatic heterocycles. The van der Waals surface area contributed by atoms with Crippen molar-refractivity contribution in [2.24, 2.45) is 25.6 Å². The quantitative estimate of drug-likeness (QED) is 0.0108. The first-order chi connectivity index (χ1) is 22.7. The normalized spacial score (nSPS) is 12.3. The number of nitrogens with zero attached hydrogens (tertiary/aromatic N) is 6. The van der Waals surface area contributed by atoms with Gasteiger partial charge in [0.2, 0.25) is 0 Å². The second kappa shape index (κ2) is 16.5. The Kier molecular flexibility index (Phi) is 13.0. The van der Waals surface area contributed by atoms with Crippen molar-refractivity contribution in [1.29, 1.82) is 0 Å². The number of carboxylic acids is 1. The van der Waals surface area contributed by atoms with Crippen molar-refractivity contribution in [3.05, 3.63) is 95.4 Å². The predicted molar refractivity (Wildman–Crippen MR) is 167 cm³/mol. The van der Waals surface area contributed by atoms with Gasteiger partial charge >= 0.3 is 23.0 Å². The van der Waals surface area contributed by atoms with Gasteiger partial charge in [-0.05, 0) is 60.7 Å². The summed E-state index contributed by atoms with van der Waals surface area (Å²) >= 11 is 0.495. The molecule has 4 aromatic rings. The van der Waals surface area contributed by atoms with Crippen LogP contribution in [0.25, 0.3) is 5.43 Å². The van der Waals surface area contributed by atoms with E-state index in [-0.39, 0.29) is 44.5 Å². The molecular weight excluding hydrogens is 762 g/mol. The van der Waals surface area contributed by atoms with Crippen molar-refractivity contribution in [3.8, 4) is 5.75 Å². The molecule has 0 atom stereocenters. The van der Waals surface area contributed by atoms with Crippen LogP contribution in [0, 0.1) is 0 Å². The maximum atomic E-state index is 11.8. The molecule has 49 heavy (non-hydrogen) atoms. The number of carbonyl (C=O) groups is 1. The van der Waals surface area contributed by atoms with E-state index in [0.29, 0.717) is 35.6 Å². The summed E-state index contributed by atoms with van der Waals surface area (Å²) in [5.74, 6) is -3.08. The molecule has 4 aromatic carbocycles. The molecular formula is C26H20CuN7O12S3. The standard InChI is InChI=1S/C26H21N7O12S3.Cu/c27-15-4-6-16(7-5-15)28-29-17-3-1-2-14(10-17)25(32-30-21-11-18(46-45-44-37)8-9-20(21)26(35)36)33-31-22-12-19(47(38,39)40)13-23(24(22)34)48(41,42)43;/h1-13H,(H8,27,28,29,30,31,32,33,34,35,36,37,38,39,40,41,42,43);/q;+1/p-1. The predicted octanol–water partition coefficient (Wildman–Crippen LogP) is 6.16. The molecule has 0 fully saturated rings. The molecule has 0 aromatic heterocycles. The van der Waals surface area contributed by atoms with Crippen LogP contribution in [0.4, 0.5) is 28.4 Å². The number of hydrogen-bond donors (Lipinski definition) is 6. The number of nitrogen functional groups attached to an aromatic ring is 1. The van der Waals surface area contributed by atoms with Gasteiger partial charge in [-0.25, -0.2) is 10.1 Å². The summed E-state index contributed by atoms with van der Waals surface area (Å²) < 4.78 is 70.5. The molecule has 19 nitrogen and oxygen atoms in total. The molecule has 7 N–H and O–H groups in total. The van der Waals surface area contributed by atoms with E-state index < -0.39 is 53.3 Å². The van der Waals surface area contributed by atoms with Crippen molar-refractivity contribution in [2.75, 3.05) is 5.73 Å². The van der Waals surface area contributed by atoms with Gasteiger partial charge in [0, 0.05) is 21.7 Å². The van der Waals surface area contributed by atoms with E-state index in [4.69, 9.17) is 11.0 Å². The maximum absolute atomic E-state index is 11.8. The summed E-state index contributed by atoms with van der Waals surface area (Å²) in [5.41, 5.74) is 9.46. The zero-order valence-electron chi connectivity index (χ0n) is 23.9. The number of aromatic carboxylic acids is 1. The van der Waals surface area contributed by atoms with Crippen molar-refractivity contribution in [3.63, 3.8) is 0 Å². The number of phenolic OH excluding ortho intramolecular Hbond substituents is 1. The third kappa shape index (κ3) is 10.6. The first kappa shape index (κ1) is 38.6. The fraction of sp³-hybridized carbons (Fsp3) is 0. The van der Waals surface area contributed by atoms with Gasteiger partial charge in [-0.2, -0.15) is 27.1 Å². The Labute approximate surface area is 291 Å². The monoisotopic (exact) mass is 781 g/mol. The zero-order valence-corrected chi connectivity index (χ0v) is 27.3. The van der Waals surface area contributed by atoms with Crippen LogP contribution in [0.3, 0.4) is 0 Å². The number of hydrogen-bond acceptors (Lipinski definition) is 15.